The summed E-state index contributed by atoms with van der Waals surface area (Å²) in [7, 11) is 0. The number of rotatable bonds is 1. The SMILES string of the molecule is CC(C)(C)OC(=O)N1CC[C@H](C(=O)O)C(F)(F)C1. The van der Waals surface area contributed by atoms with Gasteiger partial charge in [-0.25, -0.2) is 13.6 Å². The second-order valence-corrected chi connectivity index (χ2v) is 5.34. The van der Waals surface area contributed by atoms with Gasteiger partial charge in [0.25, 0.3) is 5.92 Å². The number of alkyl halides is 2. The fourth-order valence-corrected chi connectivity index (χ4v) is 1.73. The molecule has 1 saturated heterocycles. The van der Waals surface area contributed by atoms with Gasteiger partial charge in [-0.05, 0) is 27.2 Å². The molecule has 0 spiro atoms. The van der Waals surface area contributed by atoms with Crippen molar-refractivity contribution >= 4 is 12.1 Å². The quantitative estimate of drug-likeness (QED) is 0.787. The van der Waals surface area contributed by atoms with Gasteiger partial charge >= 0.3 is 12.1 Å². The number of carboxylic acid groups (broad SMARTS) is 1. The molecule has 1 fully saturated rings. The predicted octanol–water partition coefficient (Wildman–Crippen LogP) is 1.96. The van der Waals surface area contributed by atoms with Gasteiger partial charge in [0.05, 0.1) is 6.54 Å². The zero-order valence-corrected chi connectivity index (χ0v) is 10.6. The van der Waals surface area contributed by atoms with Gasteiger partial charge in [-0.3, -0.25) is 4.79 Å². The highest BCUT2D eigenvalue weighted by Gasteiger charge is 2.50. The van der Waals surface area contributed by atoms with E-state index in [1.165, 1.54) is 0 Å². The van der Waals surface area contributed by atoms with Crippen LogP contribution in [0.15, 0.2) is 0 Å². The van der Waals surface area contributed by atoms with Gasteiger partial charge in [0.15, 0.2) is 0 Å². The van der Waals surface area contributed by atoms with Gasteiger partial charge in [0.2, 0.25) is 0 Å². The number of likely N-dealkylation sites (tertiary alicyclic amines) is 1. The number of nitrogens with zero attached hydrogens (tertiary/aromatic N) is 1. The van der Waals surface area contributed by atoms with Crippen LogP contribution < -0.4 is 0 Å². The number of hydrogen-bond donors (Lipinski definition) is 1. The summed E-state index contributed by atoms with van der Waals surface area (Å²) < 4.78 is 32.0. The smallest absolute Gasteiger partial charge is 0.410 e. The Hall–Kier alpha value is -1.40. The lowest BCUT2D eigenvalue weighted by Crippen LogP contribution is -2.53. The van der Waals surface area contributed by atoms with Crippen LogP contribution in [-0.4, -0.2) is 46.7 Å². The van der Waals surface area contributed by atoms with Crippen LogP contribution in [0.3, 0.4) is 0 Å². The molecule has 0 aromatic heterocycles. The second kappa shape index (κ2) is 4.70. The van der Waals surface area contributed by atoms with E-state index in [0.717, 1.165) is 4.90 Å². The van der Waals surface area contributed by atoms with E-state index >= 15 is 0 Å². The number of amides is 1. The largest absolute Gasteiger partial charge is 0.481 e. The fraction of sp³-hybridized carbons (Fsp3) is 0.818. The van der Waals surface area contributed by atoms with Gasteiger partial charge < -0.3 is 14.7 Å². The van der Waals surface area contributed by atoms with Gasteiger partial charge in [0, 0.05) is 6.54 Å². The third-order valence-electron chi connectivity index (χ3n) is 2.55. The van der Waals surface area contributed by atoms with E-state index in [2.05, 4.69) is 0 Å². The highest BCUT2D eigenvalue weighted by molar-refractivity contribution is 5.73. The minimum atomic E-state index is -3.43. The summed E-state index contributed by atoms with van der Waals surface area (Å²) in [6.07, 6.45) is -1.12. The molecule has 0 radical (unpaired) electrons. The first-order valence-corrected chi connectivity index (χ1v) is 5.61. The molecule has 1 heterocycles. The Morgan fingerprint density at radius 1 is 1.39 bits per heavy atom. The molecule has 0 aromatic carbocycles. The lowest BCUT2D eigenvalue weighted by Gasteiger charge is -2.36. The van der Waals surface area contributed by atoms with Crippen LogP contribution in [0.5, 0.6) is 0 Å². The number of hydrogen-bond acceptors (Lipinski definition) is 3. The molecule has 104 valence electrons. The number of piperidine rings is 1. The van der Waals surface area contributed by atoms with Crippen LogP contribution in [0.4, 0.5) is 13.6 Å². The summed E-state index contributed by atoms with van der Waals surface area (Å²) >= 11 is 0. The average molecular weight is 265 g/mol. The number of carboxylic acids is 1. The van der Waals surface area contributed by atoms with Crippen LogP contribution in [0.25, 0.3) is 0 Å². The molecule has 0 aliphatic carbocycles. The molecule has 1 atom stereocenters. The van der Waals surface area contributed by atoms with Crippen LogP contribution in [0.1, 0.15) is 27.2 Å². The van der Waals surface area contributed by atoms with Crippen LogP contribution >= 0.6 is 0 Å². The topological polar surface area (TPSA) is 66.8 Å². The fourth-order valence-electron chi connectivity index (χ4n) is 1.73. The van der Waals surface area contributed by atoms with Crippen LogP contribution in [-0.2, 0) is 9.53 Å². The average Bonchev–Trinajstić information content (AvgIpc) is 2.12. The van der Waals surface area contributed by atoms with Crippen molar-refractivity contribution in [2.75, 3.05) is 13.1 Å². The number of halogens is 2. The third kappa shape index (κ3) is 3.54. The number of ether oxygens (including phenoxy) is 1. The molecular formula is C11H17F2NO4. The first-order valence-electron chi connectivity index (χ1n) is 5.61. The summed E-state index contributed by atoms with van der Waals surface area (Å²) in [4.78, 5) is 23.1. The second-order valence-electron chi connectivity index (χ2n) is 5.34. The van der Waals surface area contributed by atoms with E-state index in [0.29, 0.717) is 0 Å². The molecule has 18 heavy (non-hydrogen) atoms. The first kappa shape index (κ1) is 14.7. The third-order valence-corrected chi connectivity index (χ3v) is 2.55. The van der Waals surface area contributed by atoms with Gasteiger partial charge in [-0.1, -0.05) is 0 Å². The van der Waals surface area contributed by atoms with Crippen LogP contribution in [0.2, 0.25) is 0 Å². The zero-order chi connectivity index (χ0) is 14.1. The Kier molecular flexibility index (Phi) is 3.83. The number of carbonyl (C=O) groups is 2. The minimum Gasteiger partial charge on any atom is -0.481 e. The molecule has 1 amide bonds. The lowest BCUT2D eigenvalue weighted by atomic mass is 9.93. The van der Waals surface area contributed by atoms with E-state index in [1.807, 2.05) is 0 Å². The standard InChI is InChI=1S/C11H17F2NO4/c1-10(2,3)18-9(17)14-5-4-7(8(15)16)11(12,13)6-14/h7H,4-6H2,1-3H3,(H,15,16)/t7-/m1/s1. The monoisotopic (exact) mass is 265 g/mol. The highest BCUT2D eigenvalue weighted by atomic mass is 19.3. The summed E-state index contributed by atoms with van der Waals surface area (Å²) in [5.74, 6) is -6.71. The maximum Gasteiger partial charge on any atom is 0.410 e. The van der Waals surface area contributed by atoms with Crippen LogP contribution in [0, 0.1) is 5.92 Å². The Bertz CT molecular complexity index is 351. The highest BCUT2D eigenvalue weighted by Crippen LogP contribution is 2.33. The lowest BCUT2D eigenvalue weighted by molar-refractivity contribution is -0.166. The molecule has 0 saturated carbocycles. The van der Waals surface area contributed by atoms with E-state index in [-0.39, 0.29) is 13.0 Å². The Balaban J connectivity index is 2.69. The van der Waals surface area contributed by atoms with Gasteiger partial charge in [-0.2, -0.15) is 0 Å². The Morgan fingerprint density at radius 2 is 1.94 bits per heavy atom. The molecule has 1 rings (SSSR count). The maximum absolute atomic E-state index is 13.5. The van der Waals surface area contributed by atoms with E-state index in [1.54, 1.807) is 20.8 Å². The van der Waals surface area contributed by atoms with Crippen molar-refractivity contribution in [1.29, 1.82) is 0 Å². The molecule has 5 nitrogen and oxygen atoms in total. The number of carbonyl (C=O) groups excluding carboxylic acids is 1. The zero-order valence-electron chi connectivity index (χ0n) is 10.6. The molecular weight excluding hydrogens is 248 g/mol. The molecule has 1 aliphatic rings. The molecule has 0 unspecified atom stereocenters. The summed E-state index contributed by atoms with van der Waals surface area (Å²) in [5, 5.41) is 8.67. The van der Waals surface area contributed by atoms with Crippen molar-refractivity contribution in [3.8, 4) is 0 Å². The van der Waals surface area contributed by atoms with Crippen molar-refractivity contribution in [2.24, 2.45) is 5.92 Å². The molecule has 0 bridgehead atoms. The van der Waals surface area contributed by atoms with Crippen molar-refractivity contribution in [3.63, 3.8) is 0 Å². The maximum atomic E-state index is 13.5. The summed E-state index contributed by atoms with van der Waals surface area (Å²) in [5.41, 5.74) is -0.768. The van der Waals surface area contributed by atoms with Crippen molar-refractivity contribution < 1.29 is 28.2 Å². The first-order chi connectivity index (χ1) is 8.03. The van der Waals surface area contributed by atoms with E-state index in [9.17, 15) is 18.4 Å². The number of aliphatic carboxylic acids is 1. The molecule has 7 heteroatoms. The van der Waals surface area contributed by atoms with Gasteiger partial charge in [-0.15, -0.1) is 0 Å². The van der Waals surface area contributed by atoms with Gasteiger partial charge in [0.1, 0.15) is 11.5 Å². The van der Waals surface area contributed by atoms with E-state index in [4.69, 9.17) is 9.84 Å². The summed E-state index contributed by atoms with van der Waals surface area (Å²) in [6.45, 7) is 3.94. The van der Waals surface area contributed by atoms with Crippen molar-refractivity contribution in [2.45, 2.75) is 38.7 Å². The minimum absolute atomic E-state index is 0.0402. The Morgan fingerprint density at radius 3 is 2.33 bits per heavy atom. The molecule has 1 N–H and O–H groups in total. The predicted molar refractivity (Wildman–Crippen MR) is 58.5 cm³/mol. The Labute approximate surface area is 104 Å². The summed E-state index contributed by atoms with van der Waals surface area (Å²) in [6, 6.07) is 0. The molecule has 0 aromatic rings. The van der Waals surface area contributed by atoms with E-state index < -0.39 is 36.0 Å². The molecule has 1 aliphatic heterocycles. The van der Waals surface area contributed by atoms with Crippen molar-refractivity contribution in [3.05, 3.63) is 0 Å². The van der Waals surface area contributed by atoms with Crippen molar-refractivity contribution in [1.82, 2.24) is 4.90 Å². The normalized spacial score (nSPS) is 23.6.